The zero-order valence-electron chi connectivity index (χ0n) is 6.28. The van der Waals surface area contributed by atoms with Crippen LogP contribution in [0.4, 0.5) is 17.1 Å². The third kappa shape index (κ3) is 1.39. The summed E-state index contributed by atoms with van der Waals surface area (Å²) < 4.78 is 4.53. The maximum absolute atomic E-state index is 9.95. The Morgan fingerprint density at radius 3 is 2.08 bits per heavy atom. The van der Waals surface area contributed by atoms with E-state index in [9.17, 15) is 4.79 Å². The Morgan fingerprint density at radius 1 is 1.17 bits per heavy atom. The van der Waals surface area contributed by atoms with E-state index in [-0.39, 0.29) is 5.75 Å². The van der Waals surface area contributed by atoms with Crippen LogP contribution in [-0.4, -0.2) is 6.47 Å². The molecule has 0 fully saturated rings. The number of carbonyl (C=O) groups is 1. The lowest BCUT2D eigenvalue weighted by Gasteiger charge is -2.05. The molecule has 0 aromatic heterocycles. The SMILES string of the molecule is Nc1cc(OC=O)cc(N)c1N. The van der Waals surface area contributed by atoms with Crippen molar-refractivity contribution in [2.45, 2.75) is 0 Å². The van der Waals surface area contributed by atoms with E-state index in [1.165, 1.54) is 12.1 Å². The molecule has 1 aromatic rings. The second kappa shape index (κ2) is 3.00. The number of carbonyl (C=O) groups excluding carboxylic acids is 1. The highest BCUT2D eigenvalue weighted by atomic mass is 16.5. The molecular formula is C7H9N3O2. The van der Waals surface area contributed by atoms with E-state index in [1.807, 2.05) is 0 Å². The van der Waals surface area contributed by atoms with E-state index in [2.05, 4.69) is 4.74 Å². The van der Waals surface area contributed by atoms with Crippen molar-refractivity contribution in [1.29, 1.82) is 0 Å². The third-order valence-corrected chi connectivity index (χ3v) is 1.40. The van der Waals surface area contributed by atoms with Gasteiger partial charge in [0.25, 0.3) is 6.47 Å². The van der Waals surface area contributed by atoms with Crippen molar-refractivity contribution < 1.29 is 9.53 Å². The summed E-state index contributed by atoms with van der Waals surface area (Å²) in [5.74, 6) is 0.286. The van der Waals surface area contributed by atoms with Gasteiger partial charge in [0.15, 0.2) is 0 Å². The van der Waals surface area contributed by atoms with Gasteiger partial charge in [-0.25, -0.2) is 0 Å². The van der Waals surface area contributed by atoms with Gasteiger partial charge in [-0.05, 0) is 0 Å². The van der Waals surface area contributed by atoms with Gasteiger partial charge in [0.1, 0.15) is 5.75 Å². The molecule has 5 heteroatoms. The summed E-state index contributed by atoms with van der Waals surface area (Å²) >= 11 is 0. The van der Waals surface area contributed by atoms with Crippen LogP contribution < -0.4 is 21.9 Å². The van der Waals surface area contributed by atoms with Crippen molar-refractivity contribution in [2.75, 3.05) is 17.2 Å². The lowest BCUT2D eigenvalue weighted by molar-refractivity contribution is -0.120. The number of ether oxygens (including phenoxy) is 1. The molecule has 0 radical (unpaired) electrons. The standard InChI is InChI=1S/C7H9N3O2/c8-5-1-4(12-3-11)2-6(9)7(5)10/h1-3H,8-10H2. The maximum atomic E-state index is 9.95. The molecule has 1 aromatic carbocycles. The molecule has 0 saturated carbocycles. The summed E-state index contributed by atoms with van der Waals surface area (Å²) in [5, 5.41) is 0. The van der Waals surface area contributed by atoms with Gasteiger partial charge < -0.3 is 21.9 Å². The molecule has 0 aliphatic rings. The summed E-state index contributed by atoms with van der Waals surface area (Å²) in [4.78, 5) is 9.95. The quantitative estimate of drug-likeness (QED) is 0.423. The van der Waals surface area contributed by atoms with Crippen LogP contribution in [0.25, 0.3) is 0 Å². The maximum Gasteiger partial charge on any atom is 0.298 e. The number of rotatable bonds is 2. The smallest absolute Gasteiger partial charge is 0.298 e. The first-order valence-electron chi connectivity index (χ1n) is 3.20. The minimum absolute atomic E-state index is 0.286. The fraction of sp³-hybridized carbons (Fsp3) is 0. The number of nitrogens with two attached hydrogens (primary N) is 3. The van der Waals surface area contributed by atoms with Crippen molar-refractivity contribution >= 4 is 23.5 Å². The molecule has 0 aliphatic heterocycles. The molecule has 0 atom stereocenters. The van der Waals surface area contributed by atoms with Crippen LogP contribution in [0.15, 0.2) is 12.1 Å². The van der Waals surface area contributed by atoms with Crippen molar-refractivity contribution in [3.05, 3.63) is 12.1 Å². The van der Waals surface area contributed by atoms with Crippen LogP contribution in [0, 0.1) is 0 Å². The lowest BCUT2D eigenvalue weighted by atomic mass is 10.2. The summed E-state index contributed by atoms with van der Waals surface area (Å²) in [6.45, 7) is 0.296. The molecule has 0 heterocycles. The number of nitrogen functional groups attached to an aromatic ring is 3. The molecule has 0 aliphatic carbocycles. The average molecular weight is 167 g/mol. The molecule has 0 unspecified atom stereocenters. The Bertz CT molecular complexity index is 289. The van der Waals surface area contributed by atoms with E-state index in [0.29, 0.717) is 23.5 Å². The summed E-state index contributed by atoms with van der Waals surface area (Å²) in [6, 6.07) is 2.86. The van der Waals surface area contributed by atoms with Crippen molar-refractivity contribution in [3.8, 4) is 5.75 Å². The highest BCUT2D eigenvalue weighted by Gasteiger charge is 2.02. The van der Waals surface area contributed by atoms with Crippen LogP contribution in [0.3, 0.4) is 0 Å². The Balaban J connectivity index is 3.11. The molecule has 0 spiro atoms. The third-order valence-electron chi connectivity index (χ3n) is 1.40. The number of hydrogen-bond donors (Lipinski definition) is 3. The van der Waals surface area contributed by atoms with Gasteiger partial charge >= 0.3 is 0 Å². The monoisotopic (exact) mass is 167 g/mol. The minimum Gasteiger partial charge on any atom is -0.429 e. The molecule has 12 heavy (non-hydrogen) atoms. The predicted molar refractivity (Wildman–Crippen MR) is 46.4 cm³/mol. The minimum atomic E-state index is 0.286. The van der Waals surface area contributed by atoms with E-state index >= 15 is 0 Å². The fourth-order valence-electron chi connectivity index (χ4n) is 0.794. The van der Waals surface area contributed by atoms with Gasteiger partial charge in [-0.1, -0.05) is 0 Å². The highest BCUT2D eigenvalue weighted by molar-refractivity contribution is 5.79. The van der Waals surface area contributed by atoms with Crippen molar-refractivity contribution in [1.82, 2.24) is 0 Å². The van der Waals surface area contributed by atoms with E-state index in [1.54, 1.807) is 0 Å². The Hall–Kier alpha value is -1.91. The van der Waals surface area contributed by atoms with Gasteiger partial charge in [-0.15, -0.1) is 0 Å². The second-order valence-corrected chi connectivity index (χ2v) is 2.23. The summed E-state index contributed by atoms with van der Waals surface area (Å²) in [5.41, 5.74) is 17.2. The zero-order chi connectivity index (χ0) is 9.14. The summed E-state index contributed by atoms with van der Waals surface area (Å²) in [7, 11) is 0. The van der Waals surface area contributed by atoms with Crippen LogP contribution in [0.2, 0.25) is 0 Å². The van der Waals surface area contributed by atoms with Crippen LogP contribution in [0.1, 0.15) is 0 Å². The van der Waals surface area contributed by atoms with E-state index in [0.717, 1.165) is 0 Å². The summed E-state index contributed by atoms with van der Waals surface area (Å²) in [6.07, 6.45) is 0. The molecule has 0 saturated heterocycles. The molecule has 6 N–H and O–H groups in total. The van der Waals surface area contributed by atoms with E-state index in [4.69, 9.17) is 17.2 Å². The van der Waals surface area contributed by atoms with Gasteiger partial charge in [-0.2, -0.15) is 0 Å². The second-order valence-electron chi connectivity index (χ2n) is 2.23. The lowest BCUT2D eigenvalue weighted by Crippen LogP contribution is -2.01. The molecule has 1 rings (SSSR count). The molecule has 5 nitrogen and oxygen atoms in total. The number of benzene rings is 1. The molecular weight excluding hydrogens is 158 g/mol. The van der Waals surface area contributed by atoms with Gasteiger partial charge in [-0.3, -0.25) is 4.79 Å². The van der Waals surface area contributed by atoms with E-state index < -0.39 is 0 Å². The topological polar surface area (TPSA) is 104 Å². The van der Waals surface area contributed by atoms with Gasteiger partial charge in [0, 0.05) is 12.1 Å². The number of hydrogen-bond acceptors (Lipinski definition) is 5. The van der Waals surface area contributed by atoms with Gasteiger partial charge in [0.05, 0.1) is 17.1 Å². The first-order chi connectivity index (χ1) is 5.65. The average Bonchev–Trinajstić information content (AvgIpc) is 2.01. The van der Waals surface area contributed by atoms with Gasteiger partial charge in [0.2, 0.25) is 0 Å². The fourth-order valence-corrected chi connectivity index (χ4v) is 0.794. The van der Waals surface area contributed by atoms with Crippen molar-refractivity contribution in [3.63, 3.8) is 0 Å². The Kier molecular flexibility index (Phi) is 2.05. The Labute approximate surface area is 69.1 Å². The van der Waals surface area contributed by atoms with Crippen LogP contribution >= 0.6 is 0 Å². The Morgan fingerprint density at radius 2 is 1.67 bits per heavy atom. The first-order valence-corrected chi connectivity index (χ1v) is 3.20. The largest absolute Gasteiger partial charge is 0.429 e. The number of anilines is 3. The van der Waals surface area contributed by atoms with Crippen LogP contribution in [0.5, 0.6) is 5.75 Å². The van der Waals surface area contributed by atoms with Crippen LogP contribution in [-0.2, 0) is 4.79 Å². The predicted octanol–water partition coefficient (Wildman–Crippen LogP) is -0.0316. The molecule has 0 amide bonds. The first kappa shape index (κ1) is 8.19. The highest BCUT2D eigenvalue weighted by Crippen LogP contribution is 2.28. The zero-order valence-corrected chi connectivity index (χ0v) is 6.28. The normalized spacial score (nSPS) is 9.33. The van der Waals surface area contributed by atoms with Crippen molar-refractivity contribution in [2.24, 2.45) is 0 Å². The molecule has 0 bridgehead atoms. The molecule has 64 valence electrons.